The summed E-state index contributed by atoms with van der Waals surface area (Å²) in [7, 11) is -6.91. The molecule has 4 aromatic carbocycles. The van der Waals surface area contributed by atoms with E-state index in [1.807, 2.05) is 6.92 Å². The van der Waals surface area contributed by atoms with Crippen LogP contribution in [0.5, 0.6) is 23.0 Å². The molecule has 2 heterocycles. The number of ether oxygens (including phenoxy) is 5. The van der Waals surface area contributed by atoms with Crippen LogP contribution >= 0.6 is 22.7 Å². The highest BCUT2D eigenvalue weighted by atomic mass is 32.2. The van der Waals surface area contributed by atoms with Gasteiger partial charge in [-0.25, -0.2) is 37.1 Å². The summed E-state index contributed by atoms with van der Waals surface area (Å²) in [6, 6.07) is 7.97. The van der Waals surface area contributed by atoms with E-state index in [4.69, 9.17) is 23.7 Å². The lowest BCUT2D eigenvalue weighted by Crippen LogP contribution is -2.21. The number of hydrogen-bond donors (Lipinski definition) is 4. The van der Waals surface area contributed by atoms with Crippen LogP contribution in [-0.2, 0) is 31.4 Å². The average Bonchev–Trinajstić information content (AvgIpc) is 3.39. The Balaban J connectivity index is 1.10. The molecule has 6 aromatic rings. The number of carboxylic acids is 2. The van der Waals surface area contributed by atoms with Crippen molar-refractivity contribution in [2.75, 3.05) is 43.5 Å². The van der Waals surface area contributed by atoms with Crippen molar-refractivity contribution in [2.45, 2.75) is 115 Å². The predicted molar refractivity (Wildman–Crippen MR) is 303 cm³/mol. The third kappa shape index (κ3) is 13.6. The van der Waals surface area contributed by atoms with E-state index in [1.54, 1.807) is 12.1 Å². The van der Waals surface area contributed by atoms with Gasteiger partial charge in [0, 0.05) is 34.0 Å². The van der Waals surface area contributed by atoms with Crippen molar-refractivity contribution in [3.05, 3.63) is 110 Å². The number of carboxylic acid groups (broad SMARTS) is 2. The zero-order valence-corrected chi connectivity index (χ0v) is 49.2. The Kier molecular flexibility index (Phi) is 18.7. The lowest BCUT2D eigenvalue weighted by Gasteiger charge is -2.35. The summed E-state index contributed by atoms with van der Waals surface area (Å²) in [5.74, 6) is -8.08. The Labute approximate surface area is 480 Å². The SMILES string of the molecule is CCCCOc1c(C2=CCC(C)(C)CC2)cc(COCCOc2c(C3CCC(C)(C)CC3)ccc(-c3nc(S(=O)(=O)Nc4cc(F)c(C(=O)O)cc4OC)cs3)c2F)c(-c2nc(S(=O)(=O)Nc3cc(F)c(C(=O)O)cc3OC)cs2)c1F. The summed E-state index contributed by atoms with van der Waals surface area (Å²) in [5.41, 5.74) is -0.241. The molecule has 0 radical (unpaired) electrons. The molecule has 8 rings (SSSR count). The number of nitrogens with one attached hydrogen (secondary N) is 2. The molecule has 1 saturated carbocycles. The van der Waals surface area contributed by atoms with Crippen LogP contribution in [0.2, 0.25) is 0 Å². The fourth-order valence-corrected chi connectivity index (χ4v) is 14.1. The quantitative estimate of drug-likeness (QED) is 0.0325. The van der Waals surface area contributed by atoms with Gasteiger partial charge in [0.15, 0.2) is 33.2 Å². The van der Waals surface area contributed by atoms with Crippen molar-refractivity contribution in [1.82, 2.24) is 9.97 Å². The number of anilines is 2. The molecule has 4 N–H and O–H groups in total. The second-order valence-corrected chi connectivity index (χ2v) is 26.4. The largest absolute Gasteiger partial charge is 0.495 e. The molecule has 25 heteroatoms. The molecular formula is C57H62F4N4O13S4. The van der Waals surface area contributed by atoms with Crippen LogP contribution in [0.3, 0.4) is 0 Å². The number of hydrogen-bond acceptors (Lipinski definition) is 15. The lowest BCUT2D eigenvalue weighted by molar-refractivity contribution is 0.0680. The predicted octanol–water partition coefficient (Wildman–Crippen LogP) is 13.6. The number of unbranched alkanes of at least 4 members (excludes halogenated alkanes) is 1. The summed E-state index contributed by atoms with van der Waals surface area (Å²) >= 11 is 1.63. The van der Waals surface area contributed by atoms with Crippen LogP contribution in [0.25, 0.3) is 26.7 Å². The highest BCUT2D eigenvalue weighted by molar-refractivity contribution is 7.93. The van der Waals surface area contributed by atoms with Gasteiger partial charge < -0.3 is 33.9 Å². The van der Waals surface area contributed by atoms with Crippen molar-refractivity contribution in [2.24, 2.45) is 10.8 Å². The zero-order chi connectivity index (χ0) is 59.5. The number of halogens is 4. The fourth-order valence-electron chi connectivity index (χ4n) is 9.68. The van der Waals surface area contributed by atoms with E-state index in [1.165, 1.54) is 16.8 Å². The summed E-state index contributed by atoms with van der Waals surface area (Å²) in [5, 5.41) is 19.9. The van der Waals surface area contributed by atoms with Crippen LogP contribution < -0.4 is 28.4 Å². The third-order valence-corrected chi connectivity index (χ3v) is 19.0. The number of nitrogens with zero attached hydrogens (tertiary/aromatic N) is 2. The van der Waals surface area contributed by atoms with Gasteiger partial charge in [-0.15, -0.1) is 22.7 Å². The molecule has 2 aromatic heterocycles. The van der Waals surface area contributed by atoms with Crippen molar-refractivity contribution in [1.29, 1.82) is 0 Å². The molecule has 2 aliphatic rings. The number of rotatable bonds is 24. The number of carbonyl (C=O) groups is 2. The number of allylic oxidation sites excluding steroid dienone is 2. The van der Waals surface area contributed by atoms with Gasteiger partial charge in [0.05, 0.1) is 67.7 Å². The van der Waals surface area contributed by atoms with Gasteiger partial charge >= 0.3 is 11.9 Å². The molecule has 0 bridgehead atoms. The molecule has 0 saturated heterocycles. The Bertz CT molecular complexity index is 3670. The number of methoxy groups -OCH3 is 2. The number of thiazole rings is 2. The Hall–Kier alpha value is -6.80. The van der Waals surface area contributed by atoms with E-state index >= 15 is 8.78 Å². The van der Waals surface area contributed by atoms with Gasteiger partial charge in [0.2, 0.25) is 0 Å². The van der Waals surface area contributed by atoms with E-state index in [0.717, 1.165) is 93.1 Å². The first kappa shape index (κ1) is 61.3. The van der Waals surface area contributed by atoms with Gasteiger partial charge in [-0.3, -0.25) is 9.44 Å². The lowest BCUT2D eigenvalue weighted by atomic mass is 9.71. The Morgan fingerprint density at radius 2 is 1.27 bits per heavy atom. The molecule has 0 unspecified atom stereocenters. The Morgan fingerprint density at radius 1 is 0.707 bits per heavy atom. The Morgan fingerprint density at radius 3 is 1.80 bits per heavy atom. The topological polar surface area (TPSA) is 239 Å². The van der Waals surface area contributed by atoms with E-state index < -0.39 is 87.8 Å². The molecule has 0 spiro atoms. The van der Waals surface area contributed by atoms with Gasteiger partial charge in [0.1, 0.15) is 39.8 Å². The van der Waals surface area contributed by atoms with Crippen LogP contribution in [0.1, 0.15) is 136 Å². The first-order chi connectivity index (χ1) is 38.8. The van der Waals surface area contributed by atoms with Crippen molar-refractivity contribution < 1.29 is 77.9 Å². The van der Waals surface area contributed by atoms with Crippen LogP contribution in [0.15, 0.2) is 69.4 Å². The molecule has 82 heavy (non-hydrogen) atoms. The maximum absolute atomic E-state index is 17.6. The average molecular weight is 1220 g/mol. The molecule has 2 aliphatic carbocycles. The summed E-state index contributed by atoms with van der Waals surface area (Å²) in [6.07, 6.45) is 8.71. The standard InChI is InChI=1S/C57H62F4N4O13S4/c1-8-9-20-77-51-36(32-14-18-57(4,5)19-15-32)23-33(47(49(51)61)53-63-46(30-80-53)82(72,73)65-42-27-40(59)38(55(68)69)25-44(42)75-7)28-76-21-22-78-50-34(31-12-16-56(2,3)17-13-31)10-11-35(48(50)60)52-62-45(29-79-52)81(70,71)64-41-26-39(58)37(54(66)67)24-43(41)74-6/h10-11,14,23-27,29-31,64-65H,8-9,12-13,15-22,28H2,1-7H3,(H,66,67)(H,68,69). The minimum atomic E-state index is -4.64. The second kappa shape index (κ2) is 25.0. The molecule has 440 valence electrons. The highest BCUT2D eigenvalue weighted by Crippen LogP contribution is 2.48. The van der Waals surface area contributed by atoms with Gasteiger partial charge in [-0.1, -0.05) is 53.2 Å². The van der Waals surface area contributed by atoms with Crippen molar-refractivity contribution in [3.8, 4) is 44.1 Å². The highest BCUT2D eigenvalue weighted by Gasteiger charge is 2.34. The minimum Gasteiger partial charge on any atom is -0.495 e. The van der Waals surface area contributed by atoms with E-state index in [9.17, 15) is 45.4 Å². The monoisotopic (exact) mass is 1210 g/mol. The third-order valence-electron chi connectivity index (χ3n) is 14.5. The maximum atomic E-state index is 17.6. The number of benzene rings is 4. The normalized spacial score (nSPS) is 15.4. The number of aromatic nitrogens is 2. The minimum absolute atomic E-state index is 0.00542. The van der Waals surface area contributed by atoms with E-state index in [0.29, 0.717) is 42.5 Å². The molecule has 0 atom stereocenters. The molecule has 0 amide bonds. The van der Waals surface area contributed by atoms with Crippen LogP contribution in [0.4, 0.5) is 28.9 Å². The van der Waals surface area contributed by atoms with E-state index in [2.05, 4.69) is 53.2 Å². The molecule has 1 fully saturated rings. The molecule has 17 nitrogen and oxygen atoms in total. The van der Waals surface area contributed by atoms with Gasteiger partial charge in [-0.2, -0.15) is 16.8 Å². The summed E-state index contributed by atoms with van der Waals surface area (Å²) in [4.78, 5) is 31.7. The van der Waals surface area contributed by atoms with Crippen LogP contribution in [0, 0.1) is 34.1 Å². The number of sulfonamides is 2. The zero-order valence-electron chi connectivity index (χ0n) is 46.0. The smallest absolute Gasteiger partial charge is 0.338 e. The number of aromatic carboxylic acids is 2. The maximum Gasteiger partial charge on any atom is 0.338 e. The molecular weight excluding hydrogens is 1150 g/mol. The van der Waals surface area contributed by atoms with Crippen molar-refractivity contribution in [3.63, 3.8) is 0 Å². The first-order valence-electron chi connectivity index (χ1n) is 26.2. The van der Waals surface area contributed by atoms with Crippen molar-refractivity contribution >= 4 is 71.6 Å². The first-order valence-corrected chi connectivity index (χ1v) is 30.9. The van der Waals surface area contributed by atoms with Gasteiger partial charge in [0.25, 0.3) is 20.0 Å². The second-order valence-electron chi connectivity index (χ2n) is 21.5. The van der Waals surface area contributed by atoms with Gasteiger partial charge in [-0.05, 0) is 104 Å². The fraction of sp³-hybridized carbons (Fsp3) is 0.404. The molecule has 0 aliphatic heterocycles. The summed E-state index contributed by atoms with van der Waals surface area (Å²) in [6.45, 7) is 10.1. The van der Waals surface area contributed by atoms with E-state index in [-0.39, 0.29) is 92.9 Å². The van der Waals surface area contributed by atoms with Crippen LogP contribution in [-0.4, -0.2) is 83.0 Å². The summed E-state index contributed by atoms with van der Waals surface area (Å²) < 4.78 is 153.